The Morgan fingerprint density at radius 2 is 1.67 bits per heavy atom. The predicted octanol–water partition coefficient (Wildman–Crippen LogP) is 3.91. The third kappa shape index (κ3) is 5.28. The number of rotatable bonds is 8. The summed E-state index contributed by atoms with van der Waals surface area (Å²) < 4.78 is 27.1. The summed E-state index contributed by atoms with van der Waals surface area (Å²) in [5.41, 5.74) is 1.12. The van der Waals surface area contributed by atoms with E-state index < -0.39 is 10.0 Å². The number of halogens is 1. The highest BCUT2D eigenvalue weighted by molar-refractivity contribution is 7.89. The topological polar surface area (TPSA) is 37.4 Å². The molecule has 0 aliphatic rings. The number of benzene rings is 1. The minimum atomic E-state index is -3.43. The Hall–Kier alpha value is -0.580. The molecule has 0 bridgehead atoms. The van der Waals surface area contributed by atoms with Crippen molar-refractivity contribution < 1.29 is 8.42 Å². The van der Waals surface area contributed by atoms with Crippen LogP contribution in [-0.4, -0.2) is 31.2 Å². The van der Waals surface area contributed by atoms with Gasteiger partial charge in [-0.1, -0.05) is 26.0 Å². The first-order valence-corrected chi connectivity index (χ1v) is 9.43. The van der Waals surface area contributed by atoms with Crippen LogP contribution in [0.1, 0.15) is 39.7 Å². The molecule has 1 aromatic rings. The standard InChI is InChI=1S/C16H26ClNO2S/c1-13(2)12-18(14(3)4)21(19,20)16-9-7-15(8-10-16)6-5-11-17/h7-10,13-14H,5-6,11-12H2,1-4H3. The van der Waals surface area contributed by atoms with E-state index in [2.05, 4.69) is 0 Å². The highest BCUT2D eigenvalue weighted by atomic mass is 35.5. The van der Waals surface area contributed by atoms with Crippen molar-refractivity contribution in [3.8, 4) is 0 Å². The molecular formula is C16H26ClNO2S. The van der Waals surface area contributed by atoms with Gasteiger partial charge in [0.05, 0.1) is 4.90 Å². The highest BCUT2D eigenvalue weighted by Crippen LogP contribution is 2.20. The Morgan fingerprint density at radius 1 is 1.10 bits per heavy atom. The minimum Gasteiger partial charge on any atom is -0.207 e. The number of sulfonamides is 1. The van der Waals surface area contributed by atoms with E-state index in [0.29, 0.717) is 23.2 Å². The number of hydrogen-bond donors (Lipinski definition) is 0. The molecule has 3 nitrogen and oxygen atoms in total. The predicted molar refractivity (Wildman–Crippen MR) is 89.3 cm³/mol. The zero-order valence-electron chi connectivity index (χ0n) is 13.3. The maximum absolute atomic E-state index is 12.7. The molecule has 0 saturated carbocycles. The van der Waals surface area contributed by atoms with Crippen LogP contribution in [0.25, 0.3) is 0 Å². The molecule has 0 fully saturated rings. The van der Waals surface area contributed by atoms with Crippen molar-refractivity contribution in [3.05, 3.63) is 29.8 Å². The second-order valence-corrected chi connectivity index (χ2v) is 8.27. The summed E-state index contributed by atoms with van der Waals surface area (Å²) in [4.78, 5) is 0.367. The van der Waals surface area contributed by atoms with E-state index in [1.807, 2.05) is 39.8 Å². The van der Waals surface area contributed by atoms with Crippen LogP contribution in [0.5, 0.6) is 0 Å². The third-order valence-electron chi connectivity index (χ3n) is 3.25. The van der Waals surface area contributed by atoms with E-state index >= 15 is 0 Å². The van der Waals surface area contributed by atoms with E-state index in [4.69, 9.17) is 11.6 Å². The number of alkyl halides is 1. The van der Waals surface area contributed by atoms with Crippen LogP contribution < -0.4 is 0 Å². The molecule has 0 N–H and O–H groups in total. The van der Waals surface area contributed by atoms with E-state index in [-0.39, 0.29) is 6.04 Å². The molecule has 0 heterocycles. The molecule has 0 spiro atoms. The lowest BCUT2D eigenvalue weighted by atomic mass is 10.1. The average molecular weight is 332 g/mol. The molecule has 21 heavy (non-hydrogen) atoms. The molecule has 0 aliphatic heterocycles. The fourth-order valence-corrected chi connectivity index (χ4v) is 4.11. The molecule has 0 unspecified atom stereocenters. The van der Waals surface area contributed by atoms with Crippen molar-refractivity contribution in [2.45, 2.75) is 51.5 Å². The Morgan fingerprint density at radius 3 is 2.10 bits per heavy atom. The minimum absolute atomic E-state index is 0.0478. The molecule has 0 aromatic heterocycles. The number of nitrogens with zero attached hydrogens (tertiary/aromatic N) is 1. The van der Waals surface area contributed by atoms with Crippen LogP contribution in [0, 0.1) is 5.92 Å². The molecule has 1 aromatic carbocycles. The van der Waals surface area contributed by atoms with E-state index in [1.54, 1.807) is 16.4 Å². The third-order valence-corrected chi connectivity index (χ3v) is 5.57. The van der Waals surface area contributed by atoms with Crippen LogP contribution in [0.15, 0.2) is 29.2 Å². The molecule has 1 rings (SSSR count). The van der Waals surface area contributed by atoms with Crippen molar-refractivity contribution in [3.63, 3.8) is 0 Å². The SMILES string of the molecule is CC(C)CN(C(C)C)S(=O)(=O)c1ccc(CCCCl)cc1. The van der Waals surface area contributed by atoms with Crippen molar-refractivity contribution in [2.75, 3.05) is 12.4 Å². The lowest BCUT2D eigenvalue weighted by Crippen LogP contribution is -2.39. The van der Waals surface area contributed by atoms with Gasteiger partial charge < -0.3 is 0 Å². The van der Waals surface area contributed by atoms with Gasteiger partial charge in [0.15, 0.2) is 0 Å². The van der Waals surface area contributed by atoms with Gasteiger partial charge in [-0.05, 0) is 50.3 Å². The zero-order valence-corrected chi connectivity index (χ0v) is 14.9. The van der Waals surface area contributed by atoms with Crippen molar-refractivity contribution in [1.29, 1.82) is 0 Å². The molecule has 0 saturated heterocycles. The van der Waals surface area contributed by atoms with Crippen molar-refractivity contribution >= 4 is 21.6 Å². The molecule has 0 amide bonds. The normalized spacial score (nSPS) is 12.6. The molecule has 0 radical (unpaired) electrons. The smallest absolute Gasteiger partial charge is 0.207 e. The van der Waals surface area contributed by atoms with Crippen LogP contribution in [-0.2, 0) is 16.4 Å². The van der Waals surface area contributed by atoms with Gasteiger partial charge in [0.1, 0.15) is 0 Å². The zero-order chi connectivity index (χ0) is 16.0. The number of aryl methyl sites for hydroxylation is 1. The van der Waals surface area contributed by atoms with E-state index in [1.165, 1.54) is 0 Å². The highest BCUT2D eigenvalue weighted by Gasteiger charge is 2.27. The summed E-state index contributed by atoms with van der Waals surface area (Å²) in [6, 6.07) is 7.12. The van der Waals surface area contributed by atoms with Gasteiger partial charge in [-0.2, -0.15) is 4.31 Å². The maximum atomic E-state index is 12.7. The number of hydrogen-bond acceptors (Lipinski definition) is 2. The van der Waals surface area contributed by atoms with Crippen LogP contribution in [0.2, 0.25) is 0 Å². The largest absolute Gasteiger partial charge is 0.243 e. The summed E-state index contributed by atoms with van der Waals surface area (Å²) in [6.45, 7) is 8.41. The van der Waals surface area contributed by atoms with Crippen LogP contribution in [0.4, 0.5) is 0 Å². The fraction of sp³-hybridized carbons (Fsp3) is 0.625. The second kappa shape index (κ2) is 8.16. The van der Waals surface area contributed by atoms with Gasteiger partial charge >= 0.3 is 0 Å². The summed E-state index contributed by atoms with van der Waals surface area (Å²) >= 11 is 5.68. The fourth-order valence-electron chi connectivity index (χ4n) is 2.18. The van der Waals surface area contributed by atoms with Gasteiger partial charge in [-0.3, -0.25) is 0 Å². The molecule has 0 aliphatic carbocycles. The summed E-state index contributed by atoms with van der Waals surface area (Å²) in [6.07, 6.45) is 1.78. The maximum Gasteiger partial charge on any atom is 0.243 e. The molecule has 5 heteroatoms. The summed E-state index contributed by atoms with van der Waals surface area (Å²) in [5.74, 6) is 0.917. The molecular weight excluding hydrogens is 306 g/mol. The molecule has 120 valence electrons. The summed E-state index contributed by atoms with van der Waals surface area (Å²) in [5, 5.41) is 0. The monoisotopic (exact) mass is 331 g/mol. The van der Waals surface area contributed by atoms with Gasteiger partial charge in [0.2, 0.25) is 10.0 Å². The second-order valence-electron chi connectivity index (χ2n) is 6.00. The Bertz CT molecular complexity index is 524. The lowest BCUT2D eigenvalue weighted by molar-refractivity contribution is 0.319. The first-order valence-electron chi connectivity index (χ1n) is 7.45. The van der Waals surface area contributed by atoms with Crippen molar-refractivity contribution in [2.24, 2.45) is 5.92 Å². The van der Waals surface area contributed by atoms with Crippen molar-refractivity contribution in [1.82, 2.24) is 4.31 Å². The Labute approximate surface area is 134 Å². The van der Waals surface area contributed by atoms with Crippen LogP contribution in [0.3, 0.4) is 0 Å². The van der Waals surface area contributed by atoms with Gasteiger partial charge in [0.25, 0.3) is 0 Å². The van der Waals surface area contributed by atoms with E-state index in [9.17, 15) is 8.42 Å². The van der Waals surface area contributed by atoms with Gasteiger partial charge in [0, 0.05) is 18.5 Å². The first kappa shape index (κ1) is 18.5. The average Bonchev–Trinajstić information content (AvgIpc) is 2.42. The van der Waals surface area contributed by atoms with Gasteiger partial charge in [-0.15, -0.1) is 11.6 Å². The quantitative estimate of drug-likeness (QED) is 0.677. The lowest BCUT2D eigenvalue weighted by Gasteiger charge is -2.27. The first-order chi connectivity index (χ1) is 9.78. The Balaban J connectivity index is 2.99. The summed E-state index contributed by atoms with van der Waals surface area (Å²) in [7, 11) is -3.43. The van der Waals surface area contributed by atoms with Gasteiger partial charge in [-0.25, -0.2) is 8.42 Å². The van der Waals surface area contributed by atoms with Crippen LogP contribution >= 0.6 is 11.6 Å². The van der Waals surface area contributed by atoms with E-state index in [0.717, 1.165) is 18.4 Å². The molecule has 0 atom stereocenters. The Kier molecular flexibility index (Phi) is 7.17.